The van der Waals surface area contributed by atoms with Crippen LogP contribution in [0.4, 0.5) is 0 Å². The Morgan fingerprint density at radius 3 is 2.48 bits per heavy atom. The summed E-state index contributed by atoms with van der Waals surface area (Å²) < 4.78 is 0. The Morgan fingerprint density at radius 1 is 1.38 bits per heavy atom. The normalized spacial score (nSPS) is 20.8. The van der Waals surface area contributed by atoms with Crippen LogP contribution in [0.1, 0.15) is 42.5 Å². The molecule has 0 spiro atoms. The highest BCUT2D eigenvalue weighted by molar-refractivity contribution is 6.17. The number of carboxylic acid groups (broad SMARTS) is 1. The summed E-state index contributed by atoms with van der Waals surface area (Å²) >= 11 is 0. The minimum absolute atomic E-state index is 0. The van der Waals surface area contributed by atoms with Crippen molar-refractivity contribution in [1.29, 1.82) is 0 Å². The molecule has 7 nitrogen and oxygen atoms in total. The summed E-state index contributed by atoms with van der Waals surface area (Å²) in [4.78, 5) is 31.9. The number of rotatable bonds is 3. The fourth-order valence-electron chi connectivity index (χ4n) is 1.96. The topological polar surface area (TPSA) is 127 Å². The van der Waals surface area contributed by atoms with Crippen LogP contribution in [0.3, 0.4) is 0 Å². The van der Waals surface area contributed by atoms with E-state index in [0.29, 0.717) is 5.69 Å². The predicted molar refractivity (Wildman–Crippen MR) is 78.9 cm³/mol. The first-order chi connectivity index (χ1) is 9.25. The molecule has 1 aromatic heterocycles. The van der Waals surface area contributed by atoms with Gasteiger partial charge in [0.25, 0.3) is 5.91 Å². The first-order valence-electron chi connectivity index (χ1n) is 6.38. The largest absolute Gasteiger partial charge is 0.478 e. The number of pyridine rings is 1. The van der Waals surface area contributed by atoms with Crippen molar-refractivity contribution < 1.29 is 14.7 Å². The van der Waals surface area contributed by atoms with E-state index in [2.05, 4.69) is 15.3 Å². The Kier molecular flexibility index (Phi) is 4.48. The van der Waals surface area contributed by atoms with Gasteiger partial charge < -0.3 is 16.6 Å². The number of amidine groups is 1. The second-order valence-corrected chi connectivity index (χ2v) is 5.37. The number of carbonyl (C=O) groups excluding carboxylic acids is 1. The summed E-state index contributed by atoms with van der Waals surface area (Å²) in [6, 6.07) is 3.09. The molecule has 0 bridgehead atoms. The summed E-state index contributed by atoms with van der Waals surface area (Å²) in [6.07, 6.45) is 0. The van der Waals surface area contributed by atoms with Gasteiger partial charge in [-0.3, -0.25) is 4.79 Å². The SMILES string of the molecule is Cc1ccc(C(=O)O)c(C2=NC(C)(C(C)C)C(=O)N2)n1.N. The second kappa shape index (κ2) is 5.61. The number of carbonyl (C=O) groups is 2. The first kappa shape index (κ1) is 16.8. The minimum Gasteiger partial charge on any atom is -0.478 e. The third-order valence-electron chi connectivity index (χ3n) is 3.65. The van der Waals surface area contributed by atoms with E-state index in [0.717, 1.165) is 0 Å². The number of hydrogen-bond donors (Lipinski definition) is 3. The molecule has 5 N–H and O–H groups in total. The van der Waals surface area contributed by atoms with Gasteiger partial charge in [0.15, 0.2) is 5.84 Å². The van der Waals surface area contributed by atoms with E-state index in [1.807, 2.05) is 13.8 Å². The molecule has 0 saturated heterocycles. The maximum atomic E-state index is 12.1. The third-order valence-corrected chi connectivity index (χ3v) is 3.65. The number of amides is 1. The van der Waals surface area contributed by atoms with E-state index < -0.39 is 11.5 Å². The van der Waals surface area contributed by atoms with Crippen LogP contribution >= 0.6 is 0 Å². The zero-order valence-electron chi connectivity index (χ0n) is 12.6. The van der Waals surface area contributed by atoms with Crippen molar-refractivity contribution in [1.82, 2.24) is 16.5 Å². The van der Waals surface area contributed by atoms with E-state index in [1.54, 1.807) is 19.9 Å². The van der Waals surface area contributed by atoms with Crippen molar-refractivity contribution in [3.8, 4) is 0 Å². The molecule has 0 radical (unpaired) electrons. The summed E-state index contributed by atoms with van der Waals surface area (Å²) in [5.41, 5.74) is 0.00858. The van der Waals surface area contributed by atoms with Crippen molar-refractivity contribution in [2.45, 2.75) is 33.2 Å². The Hall–Kier alpha value is -2.28. The predicted octanol–water partition coefficient (Wildman–Crippen LogP) is 1.54. The van der Waals surface area contributed by atoms with Crippen LogP contribution in [0.25, 0.3) is 0 Å². The fourth-order valence-corrected chi connectivity index (χ4v) is 1.96. The second-order valence-electron chi connectivity index (χ2n) is 5.37. The zero-order valence-corrected chi connectivity index (χ0v) is 12.6. The van der Waals surface area contributed by atoms with Gasteiger partial charge in [0, 0.05) is 5.69 Å². The van der Waals surface area contributed by atoms with Crippen LogP contribution in [-0.2, 0) is 4.79 Å². The standard InChI is InChI=1S/C14H17N3O3.H3N/c1-7(2)14(4)13(20)16-11(17-14)10-9(12(18)19)6-5-8(3)15-10;/h5-7H,1-4H3,(H,18,19)(H,16,17,20);1H3. The molecule has 21 heavy (non-hydrogen) atoms. The quantitative estimate of drug-likeness (QED) is 0.778. The molecular formula is C14H20N4O3. The van der Waals surface area contributed by atoms with Gasteiger partial charge in [-0.05, 0) is 31.9 Å². The minimum atomic E-state index is -1.09. The molecule has 1 unspecified atom stereocenters. The number of aryl methyl sites for hydroxylation is 1. The van der Waals surface area contributed by atoms with Crippen LogP contribution in [0.5, 0.6) is 0 Å². The average Bonchev–Trinajstić information content (AvgIpc) is 2.66. The molecular weight excluding hydrogens is 272 g/mol. The number of hydrogen-bond acceptors (Lipinski definition) is 5. The molecule has 0 aliphatic carbocycles. The van der Waals surface area contributed by atoms with Gasteiger partial charge in [-0.1, -0.05) is 13.8 Å². The smallest absolute Gasteiger partial charge is 0.338 e. The van der Waals surface area contributed by atoms with Crippen molar-refractivity contribution in [2.75, 3.05) is 0 Å². The fraction of sp³-hybridized carbons (Fsp3) is 0.429. The molecule has 0 aromatic carbocycles. The van der Waals surface area contributed by atoms with Gasteiger partial charge in [0.05, 0.1) is 5.56 Å². The van der Waals surface area contributed by atoms with E-state index in [-0.39, 0.29) is 35.1 Å². The highest BCUT2D eigenvalue weighted by Gasteiger charge is 2.43. The summed E-state index contributed by atoms with van der Waals surface area (Å²) in [7, 11) is 0. The number of aliphatic imine (C=N–C) groups is 1. The summed E-state index contributed by atoms with van der Waals surface area (Å²) in [6.45, 7) is 7.28. The lowest BCUT2D eigenvalue weighted by Gasteiger charge is -2.21. The molecule has 0 fully saturated rings. The lowest BCUT2D eigenvalue weighted by Crippen LogP contribution is -2.41. The first-order valence-corrected chi connectivity index (χ1v) is 6.38. The van der Waals surface area contributed by atoms with Gasteiger partial charge >= 0.3 is 5.97 Å². The van der Waals surface area contributed by atoms with Gasteiger partial charge in [0.2, 0.25) is 0 Å². The van der Waals surface area contributed by atoms with Gasteiger partial charge in [-0.15, -0.1) is 0 Å². The molecule has 2 rings (SSSR count). The van der Waals surface area contributed by atoms with Gasteiger partial charge in [-0.2, -0.15) is 0 Å². The lowest BCUT2D eigenvalue weighted by molar-refractivity contribution is -0.124. The monoisotopic (exact) mass is 292 g/mol. The molecule has 0 saturated carbocycles. The number of nitrogens with zero attached hydrogens (tertiary/aromatic N) is 2. The molecule has 7 heteroatoms. The van der Waals surface area contributed by atoms with Crippen molar-refractivity contribution >= 4 is 17.7 Å². The third kappa shape index (κ3) is 2.78. The molecule has 1 aliphatic rings. The van der Waals surface area contributed by atoms with E-state index >= 15 is 0 Å². The van der Waals surface area contributed by atoms with E-state index in [1.165, 1.54) is 6.07 Å². The van der Waals surface area contributed by atoms with Gasteiger partial charge in [0.1, 0.15) is 11.2 Å². The van der Waals surface area contributed by atoms with Crippen LogP contribution in [-0.4, -0.2) is 33.3 Å². The maximum Gasteiger partial charge on any atom is 0.338 e. The molecule has 114 valence electrons. The van der Waals surface area contributed by atoms with Crippen molar-refractivity contribution in [2.24, 2.45) is 10.9 Å². The van der Waals surface area contributed by atoms with E-state index in [4.69, 9.17) is 0 Å². The van der Waals surface area contributed by atoms with Crippen molar-refractivity contribution in [3.05, 3.63) is 29.1 Å². The summed E-state index contributed by atoms with van der Waals surface area (Å²) in [5, 5.41) is 11.9. The van der Waals surface area contributed by atoms with Crippen LogP contribution in [0.15, 0.2) is 17.1 Å². The highest BCUT2D eigenvalue weighted by atomic mass is 16.4. The van der Waals surface area contributed by atoms with Crippen LogP contribution in [0, 0.1) is 12.8 Å². The molecule has 1 atom stereocenters. The number of aromatic nitrogens is 1. The van der Waals surface area contributed by atoms with Crippen LogP contribution < -0.4 is 11.5 Å². The summed E-state index contributed by atoms with van der Waals surface area (Å²) in [5.74, 6) is -1.10. The molecule has 1 amide bonds. The maximum absolute atomic E-state index is 12.1. The van der Waals surface area contributed by atoms with Crippen LogP contribution in [0.2, 0.25) is 0 Å². The molecule has 1 aromatic rings. The lowest BCUT2D eigenvalue weighted by atomic mass is 9.89. The van der Waals surface area contributed by atoms with Gasteiger partial charge in [-0.25, -0.2) is 14.8 Å². The van der Waals surface area contributed by atoms with E-state index in [9.17, 15) is 14.7 Å². The highest BCUT2D eigenvalue weighted by Crippen LogP contribution is 2.27. The Morgan fingerprint density at radius 2 is 2.00 bits per heavy atom. The molecule has 1 aliphatic heterocycles. The number of carboxylic acids is 1. The molecule has 2 heterocycles. The average molecular weight is 292 g/mol. The Bertz CT molecular complexity index is 625. The zero-order chi connectivity index (χ0) is 15.1. The number of nitrogens with one attached hydrogen (secondary N) is 1. The number of aromatic carboxylic acids is 1. The Balaban J connectivity index is 0.00000220. The Labute approximate surface area is 123 Å². The van der Waals surface area contributed by atoms with Crippen molar-refractivity contribution in [3.63, 3.8) is 0 Å².